The maximum Gasteiger partial charge on any atom is 0.287 e. The quantitative estimate of drug-likeness (QED) is 0.556. The number of hydrogen-bond acceptors (Lipinski definition) is 4. The van der Waals surface area contributed by atoms with E-state index in [4.69, 9.17) is 5.73 Å². The fourth-order valence-electron chi connectivity index (χ4n) is 4.27. The summed E-state index contributed by atoms with van der Waals surface area (Å²) in [4.78, 5) is 48.7. The van der Waals surface area contributed by atoms with E-state index in [9.17, 15) is 19.2 Å². The third kappa shape index (κ3) is 3.91. The van der Waals surface area contributed by atoms with Crippen molar-refractivity contribution in [3.8, 4) is 0 Å². The molecule has 144 valence electrons. The van der Waals surface area contributed by atoms with E-state index in [2.05, 4.69) is 17.6 Å². The van der Waals surface area contributed by atoms with Crippen LogP contribution in [-0.2, 0) is 19.2 Å². The molecule has 3 amide bonds. The molecule has 3 rings (SSSR count). The molecule has 0 aromatic carbocycles. The predicted octanol–water partition coefficient (Wildman–Crippen LogP) is 0.945. The van der Waals surface area contributed by atoms with Crippen LogP contribution < -0.4 is 16.4 Å². The molecule has 7 nitrogen and oxygen atoms in total. The van der Waals surface area contributed by atoms with Crippen LogP contribution in [0.15, 0.2) is 0 Å². The third-order valence-corrected chi connectivity index (χ3v) is 6.32. The lowest BCUT2D eigenvalue weighted by Gasteiger charge is -2.41. The molecular weight excluding hydrogens is 334 g/mol. The van der Waals surface area contributed by atoms with Gasteiger partial charge in [-0.05, 0) is 56.8 Å². The summed E-state index contributed by atoms with van der Waals surface area (Å²) in [5, 5.41) is 5.65. The van der Waals surface area contributed by atoms with Crippen LogP contribution in [0.2, 0.25) is 0 Å². The standard InChI is InChI=1S/C19H29N3O4/c1-18(7-2-3-8-18)11-13(21-16(25)12-5-6-12)17(26)22-19(9-4-10-19)14(23)15(20)24/h12-13H,2-11H2,1H3,(H2,20,24)(H,21,25)(H,22,26)/t13-/m0/s1. The summed E-state index contributed by atoms with van der Waals surface area (Å²) in [5.41, 5.74) is 3.99. The molecule has 26 heavy (non-hydrogen) atoms. The average molecular weight is 363 g/mol. The van der Waals surface area contributed by atoms with Crippen LogP contribution in [0.3, 0.4) is 0 Å². The summed E-state index contributed by atoms with van der Waals surface area (Å²) in [6.45, 7) is 2.15. The minimum Gasteiger partial charge on any atom is -0.363 e. The lowest BCUT2D eigenvalue weighted by molar-refractivity contribution is -0.145. The Balaban J connectivity index is 1.71. The number of primary amides is 1. The predicted molar refractivity (Wildman–Crippen MR) is 94.8 cm³/mol. The molecule has 1 atom stereocenters. The second-order valence-electron chi connectivity index (χ2n) is 8.68. The van der Waals surface area contributed by atoms with Gasteiger partial charge in [-0.2, -0.15) is 0 Å². The molecule has 0 aromatic rings. The van der Waals surface area contributed by atoms with Gasteiger partial charge in [0.05, 0.1) is 0 Å². The molecule has 0 radical (unpaired) electrons. The summed E-state index contributed by atoms with van der Waals surface area (Å²) in [6.07, 6.45) is 8.19. The molecule has 3 aliphatic rings. The van der Waals surface area contributed by atoms with Gasteiger partial charge in [0.15, 0.2) is 0 Å². The van der Waals surface area contributed by atoms with Crippen LogP contribution >= 0.6 is 0 Å². The fourth-order valence-corrected chi connectivity index (χ4v) is 4.27. The van der Waals surface area contributed by atoms with Crippen molar-refractivity contribution in [1.29, 1.82) is 0 Å². The molecule has 7 heteroatoms. The van der Waals surface area contributed by atoms with E-state index in [1.807, 2.05) is 0 Å². The molecule has 0 aliphatic heterocycles. The zero-order valence-corrected chi connectivity index (χ0v) is 15.4. The van der Waals surface area contributed by atoms with Crippen molar-refractivity contribution in [2.75, 3.05) is 0 Å². The number of Topliss-reactive ketones (excluding diaryl/α,β-unsaturated/α-hetero) is 1. The summed E-state index contributed by atoms with van der Waals surface area (Å²) in [5.74, 6) is -2.22. The molecular formula is C19H29N3O4. The number of hydrogen-bond donors (Lipinski definition) is 3. The van der Waals surface area contributed by atoms with E-state index in [1.165, 1.54) is 0 Å². The first-order valence-corrected chi connectivity index (χ1v) is 9.71. The Morgan fingerprint density at radius 1 is 1.04 bits per heavy atom. The van der Waals surface area contributed by atoms with Gasteiger partial charge in [0.2, 0.25) is 17.6 Å². The molecule has 3 aliphatic carbocycles. The maximum absolute atomic E-state index is 13.0. The minimum atomic E-state index is -1.18. The highest BCUT2D eigenvalue weighted by atomic mass is 16.2. The molecule has 3 fully saturated rings. The van der Waals surface area contributed by atoms with Gasteiger partial charge in [-0.1, -0.05) is 19.8 Å². The first-order chi connectivity index (χ1) is 12.2. The Morgan fingerprint density at radius 2 is 1.65 bits per heavy atom. The number of rotatable bonds is 8. The van der Waals surface area contributed by atoms with Crippen molar-refractivity contribution in [3.63, 3.8) is 0 Å². The smallest absolute Gasteiger partial charge is 0.287 e. The van der Waals surface area contributed by atoms with Crippen molar-refractivity contribution in [3.05, 3.63) is 0 Å². The monoisotopic (exact) mass is 363 g/mol. The van der Waals surface area contributed by atoms with Crippen LogP contribution in [0.25, 0.3) is 0 Å². The Morgan fingerprint density at radius 3 is 2.12 bits per heavy atom. The summed E-state index contributed by atoms with van der Waals surface area (Å²) < 4.78 is 0. The third-order valence-electron chi connectivity index (χ3n) is 6.32. The first-order valence-electron chi connectivity index (χ1n) is 9.71. The molecule has 0 unspecified atom stereocenters. The van der Waals surface area contributed by atoms with E-state index in [1.54, 1.807) is 0 Å². The van der Waals surface area contributed by atoms with Crippen LogP contribution in [0.1, 0.15) is 71.1 Å². The highest BCUT2D eigenvalue weighted by molar-refractivity contribution is 6.39. The SMILES string of the molecule is CC1(C[C@H](NC(=O)C2CC2)C(=O)NC2(C(=O)C(N)=O)CCC2)CCCC1. The van der Waals surface area contributed by atoms with Gasteiger partial charge in [-0.15, -0.1) is 0 Å². The highest BCUT2D eigenvalue weighted by Crippen LogP contribution is 2.42. The molecule has 4 N–H and O–H groups in total. The average Bonchev–Trinajstić information content (AvgIpc) is 3.32. The maximum atomic E-state index is 13.0. The summed E-state index contributed by atoms with van der Waals surface area (Å²) in [6, 6.07) is -0.677. The largest absolute Gasteiger partial charge is 0.363 e. The normalized spacial score (nSPS) is 24.2. The van der Waals surface area contributed by atoms with E-state index in [-0.39, 0.29) is 23.1 Å². The van der Waals surface area contributed by atoms with Gasteiger partial charge < -0.3 is 16.4 Å². The van der Waals surface area contributed by atoms with Gasteiger partial charge in [0, 0.05) is 5.92 Å². The lowest BCUT2D eigenvalue weighted by Crippen LogP contribution is -2.65. The Labute approximate surface area is 153 Å². The second kappa shape index (κ2) is 7.00. The Bertz CT molecular complexity index is 616. The van der Waals surface area contributed by atoms with Crippen LogP contribution in [-0.4, -0.2) is 35.1 Å². The molecule has 0 saturated heterocycles. The number of amides is 3. The number of carbonyl (C=O) groups excluding carboxylic acids is 4. The van der Waals surface area contributed by atoms with Crippen molar-refractivity contribution in [1.82, 2.24) is 10.6 Å². The van der Waals surface area contributed by atoms with Crippen molar-refractivity contribution in [2.45, 2.75) is 82.7 Å². The van der Waals surface area contributed by atoms with Crippen molar-refractivity contribution in [2.24, 2.45) is 17.1 Å². The fraction of sp³-hybridized carbons (Fsp3) is 0.789. The second-order valence-corrected chi connectivity index (χ2v) is 8.68. The first kappa shape index (κ1) is 18.9. The highest BCUT2D eigenvalue weighted by Gasteiger charge is 2.49. The minimum absolute atomic E-state index is 0.00611. The van der Waals surface area contributed by atoms with Crippen molar-refractivity contribution < 1.29 is 19.2 Å². The Hall–Kier alpha value is -1.92. The van der Waals surface area contributed by atoms with Gasteiger partial charge in [-0.25, -0.2) is 0 Å². The molecule has 3 saturated carbocycles. The van der Waals surface area contributed by atoms with Crippen LogP contribution in [0.5, 0.6) is 0 Å². The number of nitrogens with one attached hydrogen (secondary N) is 2. The molecule has 0 aromatic heterocycles. The topological polar surface area (TPSA) is 118 Å². The van der Waals surface area contributed by atoms with Gasteiger partial charge in [-0.3, -0.25) is 19.2 Å². The van der Waals surface area contributed by atoms with E-state index < -0.39 is 23.3 Å². The van der Waals surface area contributed by atoms with E-state index >= 15 is 0 Å². The van der Waals surface area contributed by atoms with Crippen LogP contribution in [0.4, 0.5) is 0 Å². The zero-order chi connectivity index (χ0) is 18.9. The zero-order valence-electron chi connectivity index (χ0n) is 15.4. The van der Waals surface area contributed by atoms with Crippen molar-refractivity contribution >= 4 is 23.5 Å². The van der Waals surface area contributed by atoms with Gasteiger partial charge >= 0.3 is 0 Å². The lowest BCUT2D eigenvalue weighted by atomic mass is 9.72. The summed E-state index contributed by atoms with van der Waals surface area (Å²) >= 11 is 0. The molecule has 0 heterocycles. The number of ketones is 1. The van der Waals surface area contributed by atoms with Gasteiger partial charge in [0.25, 0.3) is 5.91 Å². The van der Waals surface area contributed by atoms with Crippen LogP contribution in [0, 0.1) is 11.3 Å². The number of carbonyl (C=O) groups is 4. The molecule has 0 spiro atoms. The van der Waals surface area contributed by atoms with E-state index in [0.29, 0.717) is 19.3 Å². The number of nitrogens with two attached hydrogens (primary N) is 1. The summed E-state index contributed by atoms with van der Waals surface area (Å²) in [7, 11) is 0. The molecule has 0 bridgehead atoms. The Kier molecular flexibility index (Phi) is 5.08. The van der Waals surface area contributed by atoms with Gasteiger partial charge in [0.1, 0.15) is 11.6 Å². The van der Waals surface area contributed by atoms with E-state index in [0.717, 1.165) is 44.9 Å².